The number of anilines is 1. The molecule has 1 aromatic carbocycles. The van der Waals surface area contributed by atoms with E-state index >= 15 is 0 Å². The van der Waals surface area contributed by atoms with Gasteiger partial charge in [0, 0.05) is 21.7 Å². The third kappa shape index (κ3) is 3.71. The van der Waals surface area contributed by atoms with Gasteiger partial charge in [-0.2, -0.15) is 5.10 Å². The molecule has 3 aromatic rings. The van der Waals surface area contributed by atoms with Crippen molar-refractivity contribution >= 4 is 69.5 Å². The van der Waals surface area contributed by atoms with Gasteiger partial charge in [-0.3, -0.25) is 4.79 Å². The zero-order valence-electron chi connectivity index (χ0n) is 11.9. The lowest BCUT2D eigenvalue weighted by Crippen LogP contribution is -2.16. The first-order valence-corrected chi connectivity index (χ1v) is 8.99. The molecule has 2 aromatic heterocycles. The average molecular weight is 421 g/mol. The number of nitrogens with one attached hydrogen (secondary N) is 1. The summed E-state index contributed by atoms with van der Waals surface area (Å²) in [5.74, 6) is 0.129. The van der Waals surface area contributed by atoms with Crippen LogP contribution in [0.25, 0.3) is 0 Å². The number of benzene rings is 1. The number of halogens is 4. The molecule has 0 saturated carbocycles. The number of rotatable bonds is 4. The van der Waals surface area contributed by atoms with Crippen LogP contribution in [0.4, 0.5) is 5.82 Å². The smallest absolute Gasteiger partial charge is 0.259 e. The maximum atomic E-state index is 12.3. The van der Waals surface area contributed by atoms with Gasteiger partial charge in [0.1, 0.15) is 10.2 Å². The average Bonchev–Trinajstić information content (AvgIpc) is 3.09. The maximum Gasteiger partial charge on any atom is 0.259 e. The highest BCUT2D eigenvalue weighted by Gasteiger charge is 2.17. The minimum atomic E-state index is -0.366. The highest BCUT2D eigenvalue weighted by Crippen LogP contribution is 2.32. The molecule has 0 aliphatic heterocycles. The lowest BCUT2D eigenvalue weighted by molar-refractivity contribution is 0.102. The summed E-state index contributed by atoms with van der Waals surface area (Å²) in [5, 5.41) is 8.02. The molecule has 0 radical (unpaired) electrons. The molecule has 0 aliphatic rings. The molecule has 1 amide bonds. The fraction of sp³-hybridized carbons (Fsp3) is 0.0667. The van der Waals surface area contributed by atoms with Gasteiger partial charge < -0.3 is 5.32 Å². The van der Waals surface area contributed by atoms with Crippen molar-refractivity contribution in [1.29, 1.82) is 0 Å². The molecule has 0 atom stereocenters. The molecule has 2 heterocycles. The molecule has 24 heavy (non-hydrogen) atoms. The number of nitrogens with zero attached hydrogens (tertiary/aromatic N) is 2. The molecule has 0 saturated heterocycles. The van der Waals surface area contributed by atoms with Crippen molar-refractivity contribution in [2.45, 2.75) is 6.54 Å². The van der Waals surface area contributed by atoms with Gasteiger partial charge in [-0.15, -0.1) is 11.3 Å². The van der Waals surface area contributed by atoms with E-state index in [0.29, 0.717) is 36.6 Å². The fourth-order valence-electron chi connectivity index (χ4n) is 2.08. The van der Waals surface area contributed by atoms with Crippen LogP contribution in [0, 0.1) is 0 Å². The first-order valence-electron chi connectivity index (χ1n) is 6.66. The highest BCUT2D eigenvalue weighted by atomic mass is 35.5. The van der Waals surface area contributed by atoms with Crippen LogP contribution in [-0.2, 0) is 6.54 Å². The number of hydrogen-bond donors (Lipinski definition) is 1. The Balaban J connectivity index is 1.83. The molecule has 3 rings (SSSR count). The number of carbonyl (C=O) groups is 1. The van der Waals surface area contributed by atoms with Crippen molar-refractivity contribution in [2.75, 3.05) is 5.32 Å². The van der Waals surface area contributed by atoms with Crippen LogP contribution in [0.2, 0.25) is 18.7 Å². The fourth-order valence-corrected chi connectivity index (χ4v) is 4.05. The van der Waals surface area contributed by atoms with E-state index in [2.05, 4.69) is 10.4 Å². The van der Waals surface area contributed by atoms with Crippen LogP contribution < -0.4 is 5.32 Å². The predicted octanol–water partition coefficient (Wildman–Crippen LogP) is 5.86. The van der Waals surface area contributed by atoms with Gasteiger partial charge in [-0.1, -0.05) is 52.5 Å². The largest absolute Gasteiger partial charge is 0.307 e. The zero-order valence-corrected chi connectivity index (χ0v) is 15.7. The summed E-state index contributed by atoms with van der Waals surface area (Å²) in [6, 6.07) is 8.46. The molecule has 0 spiro atoms. The Morgan fingerprint density at radius 2 is 1.88 bits per heavy atom. The van der Waals surface area contributed by atoms with Crippen molar-refractivity contribution in [3.05, 3.63) is 66.4 Å². The predicted molar refractivity (Wildman–Crippen MR) is 100 cm³/mol. The van der Waals surface area contributed by atoms with Crippen molar-refractivity contribution < 1.29 is 4.79 Å². The van der Waals surface area contributed by atoms with Gasteiger partial charge in [0.2, 0.25) is 0 Å². The second kappa shape index (κ2) is 7.33. The Bertz CT molecular complexity index is 886. The Morgan fingerprint density at radius 3 is 2.50 bits per heavy atom. The number of aromatic nitrogens is 2. The van der Waals surface area contributed by atoms with E-state index in [-0.39, 0.29) is 5.91 Å². The second-order valence-corrected chi connectivity index (χ2v) is 7.87. The second-order valence-electron chi connectivity index (χ2n) is 4.77. The minimum absolute atomic E-state index is 0.315. The number of thiophene rings is 1. The Morgan fingerprint density at radius 1 is 1.17 bits per heavy atom. The highest BCUT2D eigenvalue weighted by molar-refractivity contribution is 7.20. The van der Waals surface area contributed by atoms with E-state index in [0.717, 1.165) is 16.9 Å². The minimum Gasteiger partial charge on any atom is -0.307 e. The van der Waals surface area contributed by atoms with Crippen molar-refractivity contribution in [1.82, 2.24) is 9.78 Å². The molecule has 124 valence electrons. The Hall–Kier alpha value is -1.24. The first kappa shape index (κ1) is 17.6. The van der Waals surface area contributed by atoms with Crippen LogP contribution in [0.3, 0.4) is 0 Å². The van der Waals surface area contributed by atoms with Crippen LogP contribution in [-0.4, -0.2) is 15.7 Å². The molecule has 0 bridgehead atoms. The van der Waals surface area contributed by atoms with Crippen molar-refractivity contribution in [2.24, 2.45) is 0 Å². The summed E-state index contributed by atoms with van der Waals surface area (Å²) in [7, 11) is 0. The number of amides is 1. The third-order valence-electron chi connectivity index (χ3n) is 3.23. The zero-order chi connectivity index (χ0) is 17.3. The number of carbonyl (C=O) groups excluding carboxylic acids is 1. The van der Waals surface area contributed by atoms with E-state index in [1.54, 1.807) is 35.1 Å². The monoisotopic (exact) mass is 419 g/mol. The van der Waals surface area contributed by atoms with E-state index in [1.807, 2.05) is 0 Å². The molecular weight excluding hydrogens is 412 g/mol. The summed E-state index contributed by atoms with van der Waals surface area (Å²) < 4.78 is 2.37. The van der Waals surface area contributed by atoms with Gasteiger partial charge in [-0.25, -0.2) is 4.68 Å². The third-order valence-corrected chi connectivity index (χ3v) is 5.42. The molecule has 0 aliphatic carbocycles. The van der Waals surface area contributed by atoms with Crippen molar-refractivity contribution in [3.63, 3.8) is 0 Å². The normalized spacial score (nSPS) is 10.8. The maximum absolute atomic E-state index is 12.3. The van der Waals surface area contributed by atoms with Crippen LogP contribution in [0.15, 0.2) is 36.5 Å². The lowest BCUT2D eigenvalue weighted by atomic mass is 10.2. The lowest BCUT2D eigenvalue weighted by Gasteiger charge is -2.11. The van der Waals surface area contributed by atoms with E-state index in [1.165, 1.54) is 6.07 Å². The van der Waals surface area contributed by atoms with Crippen molar-refractivity contribution in [3.8, 4) is 0 Å². The molecule has 0 fully saturated rings. The summed E-state index contributed by atoms with van der Waals surface area (Å²) in [4.78, 5) is 12.3. The van der Waals surface area contributed by atoms with E-state index in [4.69, 9.17) is 46.4 Å². The molecule has 9 heteroatoms. The molecular formula is C15H9Cl4N3OS. The molecule has 0 unspecified atom stereocenters. The SMILES string of the molecule is O=C(Nc1ccnn1Cc1c(Cl)cccc1Cl)c1cc(Cl)sc1Cl. The molecule has 4 nitrogen and oxygen atoms in total. The van der Waals surface area contributed by atoms with Gasteiger partial charge in [0.15, 0.2) is 0 Å². The summed E-state index contributed by atoms with van der Waals surface area (Å²) in [6.45, 7) is 0.319. The summed E-state index contributed by atoms with van der Waals surface area (Å²) in [6.07, 6.45) is 1.57. The van der Waals surface area contributed by atoms with Gasteiger partial charge in [0.05, 0.1) is 22.6 Å². The number of hydrogen-bond acceptors (Lipinski definition) is 3. The van der Waals surface area contributed by atoms with Gasteiger partial charge >= 0.3 is 0 Å². The summed E-state index contributed by atoms with van der Waals surface area (Å²) in [5.41, 5.74) is 1.03. The quantitative estimate of drug-likeness (QED) is 0.574. The van der Waals surface area contributed by atoms with Gasteiger partial charge in [-0.05, 0) is 18.2 Å². The first-order chi connectivity index (χ1) is 11.5. The van der Waals surface area contributed by atoms with E-state index < -0.39 is 0 Å². The standard InChI is InChI=1S/C15H9Cl4N3OS/c16-10-2-1-3-11(17)9(10)7-22-13(4-5-20-22)21-15(23)8-6-12(18)24-14(8)19/h1-6H,7H2,(H,21,23). The Labute approximate surface area is 161 Å². The van der Waals surface area contributed by atoms with Gasteiger partial charge in [0.25, 0.3) is 5.91 Å². The molecule has 1 N–H and O–H groups in total. The van der Waals surface area contributed by atoms with E-state index in [9.17, 15) is 4.79 Å². The Kier molecular flexibility index (Phi) is 5.37. The van der Waals surface area contributed by atoms with Crippen LogP contribution >= 0.6 is 57.7 Å². The van der Waals surface area contributed by atoms with Crippen LogP contribution in [0.5, 0.6) is 0 Å². The summed E-state index contributed by atoms with van der Waals surface area (Å²) >= 11 is 25.4. The topological polar surface area (TPSA) is 46.9 Å². The van der Waals surface area contributed by atoms with Crippen LogP contribution in [0.1, 0.15) is 15.9 Å².